The van der Waals surface area contributed by atoms with Gasteiger partial charge in [0.1, 0.15) is 6.10 Å². The van der Waals surface area contributed by atoms with Crippen LogP contribution in [-0.4, -0.2) is 33.9 Å². The van der Waals surface area contributed by atoms with Crippen molar-refractivity contribution in [2.45, 2.75) is 25.6 Å². The summed E-state index contributed by atoms with van der Waals surface area (Å²) in [5, 5.41) is 19.7. The first-order valence-electron chi connectivity index (χ1n) is 5.18. The summed E-state index contributed by atoms with van der Waals surface area (Å²) < 4.78 is 4.67. The highest BCUT2D eigenvalue weighted by atomic mass is 35.5. The maximum Gasteiger partial charge on any atom is 0.308 e. The van der Waals surface area contributed by atoms with Gasteiger partial charge in [-0.05, 0) is 19.1 Å². The quantitative estimate of drug-likeness (QED) is 0.774. The van der Waals surface area contributed by atoms with Gasteiger partial charge in [0, 0.05) is 6.20 Å². The van der Waals surface area contributed by atoms with Crippen molar-refractivity contribution in [3.05, 3.63) is 29.0 Å². The first kappa shape index (κ1) is 13.9. The van der Waals surface area contributed by atoms with Gasteiger partial charge in [-0.2, -0.15) is 0 Å². The number of aliphatic hydroxyl groups excluding tert-OH is 2. The number of nitrogens with zero attached hydrogens (tertiary/aromatic N) is 1. The highest BCUT2D eigenvalue weighted by molar-refractivity contribution is 6.31. The van der Waals surface area contributed by atoms with Crippen molar-refractivity contribution in [1.29, 1.82) is 0 Å². The largest absolute Gasteiger partial charge is 0.466 e. The summed E-state index contributed by atoms with van der Waals surface area (Å²) in [5.74, 6) is -0.578. The Morgan fingerprint density at radius 2 is 2.29 bits per heavy atom. The van der Waals surface area contributed by atoms with E-state index in [2.05, 4.69) is 9.72 Å². The van der Waals surface area contributed by atoms with Gasteiger partial charge in [-0.25, -0.2) is 0 Å². The van der Waals surface area contributed by atoms with Gasteiger partial charge in [0.05, 0.1) is 29.8 Å². The lowest BCUT2D eigenvalue weighted by Gasteiger charge is -2.17. The third-order valence-corrected chi connectivity index (χ3v) is 2.43. The van der Waals surface area contributed by atoms with E-state index >= 15 is 0 Å². The summed E-state index contributed by atoms with van der Waals surface area (Å²) in [6.45, 7) is 1.89. The molecule has 5 nitrogen and oxygen atoms in total. The summed E-state index contributed by atoms with van der Waals surface area (Å²) in [5.41, 5.74) is 0.144. The molecular weight excluding hydrogens is 246 g/mol. The van der Waals surface area contributed by atoms with Crippen molar-refractivity contribution in [1.82, 2.24) is 4.98 Å². The Balaban J connectivity index is 2.67. The Morgan fingerprint density at radius 3 is 2.88 bits per heavy atom. The van der Waals surface area contributed by atoms with Gasteiger partial charge in [0.15, 0.2) is 0 Å². The SMILES string of the molecule is CCOC(=O)CC(O)C(O)c1ncccc1Cl. The second kappa shape index (κ2) is 6.54. The van der Waals surface area contributed by atoms with Gasteiger partial charge in [0.25, 0.3) is 0 Å². The second-order valence-corrected chi connectivity index (χ2v) is 3.80. The predicted octanol–water partition coefficient (Wildman–Crippen LogP) is 1.08. The number of aromatic nitrogens is 1. The maximum atomic E-state index is 11.1. The van der Waals surface area contributed by atoms with Crippen LogP contribution in [0, 0.1) is 0 Å². The van der Waals surface area contributed by atoms with Gasteiger partial charge in [-0.15, -0.1) is 0 Å². The lowest BCUT2D eigenvalue weighted by molar-refractivity contribution is -0.147. The summed E-state index contributed by atoms with van der Waals surface area (Å²) in [7, 11) is 0. The van der Waals surface area contributed by atoms with E-state index in [0.717, 1.165) is 0 Å². The Labute approximate surface area is 104 Å². The fourth-order valence-electron chi connectivity index (χ4n) is 1.30. The first-order chi connectivity index (χ1) is 8.06. The van der Waals surface area contributed by atoms with Crippen molar-refractivity contribution in [2.75, 3.05) is 6.61 Å². The van der Waals surface area contributed by atoms with Crippen molar-refractivity contribution in [3.8, 4) is 0 Å². The zero-order valence-corrected chi connectivity index (χ0v) is 10.1. The van der Waals surface area contributed by atoms with Crippen molar-refractivity contribution < 1.29 is 19.7 Å². The van der Waals surface area contributed by atoms with Gasteiger partial charge in [-0.1, -0.05) is 11.6 Å². The Bertz CT molecular complexity index is 385. The highest BCUT2D eigenvalue weighted by Crippen LogP contribution is 2.24. The molecule has 0 saturated carbocycles. The minimum absolute atomic E-state index is 0.144. The first-order valence-corrected chi connectivity index (χ1v) is 5.56. The molecule has 0 spiro atoms. The molecule has 0 saturated heterocycles. The number of esters is 1. The summed E-state index contributed by atoms with van der Waals surface area (Å²) in [6.07, 6.45) is -1.46. The van der Waals surface area contributed by atoms with Crippen LogP contribution >= 0.6 is 11.6 Å². The minimum atomic E-state index is -1.31. The average Bonchev–Trinajstić information content (AvgIpc) is 2.29. The number of hydrogen-bond donors (Lipinski definition) is 2. The molecule has 17 heavy (non-hydrogen) atoms. The van der Waals surface area contributed by atoms with Crippen LogP contribution in [0.2, 0.25) is 5.02 Å². The number of aliphatic hydroxyl groups is 2. The number of hydrogen-bond acceptors (Lipinski definition) is 5. The van der Waals surface area contributed by atoms with Crippen LogP contribution in [0.15, 0.2) is 18.3 Å². The molecule has 0 aliphatic carbocycles. The lowest BCUT2D eigenvalue weighted by Crippen LogP contribution is -2.24. The fourth-order valence-corrected chi connectivity index (χ4v) is 1.53. The van der Waals surface area contributed by atoms with E-state index in [9.17, 15) is 15.0 Å². The molecule has 2 N–H and O–H groups in total. The van der Waals surface area contributed by atoms with E-state index in [4.69, 9.17) is 11.6 Å². The molecule has 1 aromatic rings. The van der Waals surface area contributed by atoms with E-state index in [-0.39, 0.29) is 23.7 Å². The van der Waals surface area contributed by atoms with Crippen molar-refractivity contribution in [2.24, 2.45) is 0 Å². The average molecular weight is 260 g/mol. The molecule has 2 atom stereocenters. The normalized spacial score (nSPS) is 14.1. The van der Waals surface area contributed by atoms with Gasteiger partial charge >= 0.3 is 5.97 Å². The highest BCUT2D eigenvalue weighted by Gasteiger charge is 2.24. The van der Waals surface area contributed by atoms with Crippen LogP contribution in [0.4, 0.5) is 0 Å². The monoisotopic (exact) mass is 259 g/mol. The van der Waals surface area contributed by atoms with E-state index in [1.165, 1.54) is 6.20 Å². The van der Waals surface area contributed by atoms with E-state index in [0.29, 0.717) is 0 Å². The molecule has 0 aromatic carbocycles. The van der Waals surface area contributed by atoms with Crippen molar-refractivity contribution in [3.63, 3.8) is 0 Å². The van der Waals surface area contributed by atoms with E-state index in [1.54, 1.807) is 19.1 Å². The van der Waals surface area contributed by atoms with Crippen LogP contribution in [0.1, 0.15) is 25.1 Å². The lowest BCUT2D eigenvalue weighted by atomic mass is 10.1. The zero-order valence-electron chi connectivity index (χ0n) is 9.34. The molecule has 0 fully saturated rings. The second-order valence-electron chi connectivity index (χ2n) is 3.39. The zero-order chi connectivity index (χ0) is 12.8. The Kier molecular flexibility index (Phi) is 5.34. The summed E-state index contributed by atoms with van der Waals surface area (Å²) in [6, 6.07) is 3.15. The third-order valence-electron chi connectivity index (χ3n) is 2.11. The molecule has 1 rings (SSSR count). The third kappa shape index (κ3) is 3.96. The molecule has 1 aromatic heterocycles. The van der Waals surface area contributed by atoms with E-state index < -0.39 is 18.2 Å². The van der Waals surface area contributed by atoms with Crippen LogP contribution in [0.25, 0.3) is 0 Å². The van der Waals surface area contributed by atoms with Crippen LogP contribution in [0.3, 0.4) is 0 Å². The Hall–Kier alpha value is -1.17. The standard InChI is InChI=1S/C11H14ClNO4/c1-2-17-9(15)6-8(14)11(16)10-7(12)4-3-5-13-10/h3-5,8,11,14,16H,2,6H2,1H3. The molecule has 0 amide bonds. The topological polar surface area (TPSA) is 79.7 Å². The molecule has 0 aliphatic heterocycles. The predicted molar refractivity (Wildman–Crippen MR) is 61.5 cm³/mol. The molecule has 1 heterocycles. The number of rotatable bonds is 5. The Morgan fingerprint density at radius 1 is 1.59 bits per heavy atom. The number of pyridine rings is 1. The summed E-state index contributed by atoms with van der Waals surface area (Å²) in [4.78, 5) is 15.0. The van der Waals surface area contributed by atoms with E-state index in [1.807, 2.05) is 0 Å². The molecule has 6 heteroatoms. The molecular formula is C11H14ClNO4. The van der Waals surface area contributed by atoms with Crippen LogP contribution < -0.4 is 0 Å². The maximum absolute atomic E-state index is 11.1. The summed E-state index contributed by atoms with van der Waals surface area (Å²) >= 11 is 5.81. The minimum Gasteiger partial charge on any atom is -0.466 e. The molecule has 2 unspecified atom stereocenters. The van der Waals surface area contributed by atoms with Crippen LogP contribution in [0.5, 0.6) is 0 Å². The molecule has 94 valence electrons. The molecule has 0 radical (unpaired) electrons. The van der Waals surface area contributed by atoms with Crippen LogP contribution in [-0.2, 0) is 9.53 Å². The number of carbonyl (C=O) groups is 1. The molecule has 0 aliphatic rings. The fraction of sp³-hybridized carbons (Fsp3) is 0.455. The van der Waals surface area contributed by atoms with Gasteiger partial charge in [0.2, 0.25) is 0 Å². The van der Waals surface area contributed by atoms with Crippen molar-refractivity contribution >= 4 is 17.6 Å². The van der Waals surface area contributed by atoms with Gasteiger partial charge < -0.3 is 14.9 Å². The van der Waals surface area contributed by atoms with Gasteiger partial charge in [-0.3, -0.25) is 9.78 Å². The number of carbonyl (C=O) groups excluding carboxylic acids is 1. The smallest absolute Gasteiger partial charge is 0.308 e. The molecule has 0 bridgehead atoms. The number of halogens is 1. The number of ether oxygens (including phenoxy) is 1.